The first-order chi connectivity index (χ1) is 9.84. The predicted octanol–water partition coefficient (Wildman–Crippen LogP) is 3.08. The van der Waals surface area contributed by atoms with Gasteiger partial charge in [0.15, 0.2) is 0 Å². The van der Waals surface area contributed by atoms with E-state index in [1.165, 1.54) is 6.07 Å². The van der Waals surface area contributed by atoms with Crippen molar-refractivity contribution < 1.29 is 9.90 Å². The summed E-state index contributed by atoms with van der Waals surface area (Å²) in [5.74, 6) is -1.00. The molecule has 1 heterocycles. The van der Waals surface area contributed by atoms with Crippen molar-refractivity contribution in [2.45, 2.75) is 33.7 Å². The summed E-state index contributed by atoms with van der Waals surface area (Å²) < 4.78 is 1.55. The van der Waals surface area contributed by atoms with E-state index in [9.17, 15) is 14.7 Å². The number of benzene rings is 1. The Morgan fingerprint density at radius 1 is 1.14 bits per heavy atom. The number of aromatic nitrogens is 1. The number of carboxylic acid groups (broad SMARTS) is 1. The fraction of sp³-hybridized carbons (Fsp3) is 0.294. The van der Waals surface area contributed by atoms with Crippen LogP contribution in [-0.2, 0) is 0 Å². The van der Waals surface area contributed by atoms with Crippen LogP contribution in [0.15, 0.2) is 35.1 Å². The van der Waals surface area contributed by atoms with Crippen LogP contribution in [0.25, 0.3) is 0 Å². The molecule has 1 aromatic heterocycles. The van der Waals surface area contributed by atoms with Crippen LogP contribution in [0.3, 0.4) is 0 Å². The van der Waals surface area contributed by atoms with E-state index in [2.05, 4.69) is 0 Å². The zero-order chi connectivity index (χ0) is 15.7. The van der Waals surface area contributed by atoms with Gasteiger partial charge in [-0.25, -0.2) is 4.79 Å². The Kier molecular flexibility index (Phi) is 3.98. The molecule has 0 radical (unpaired) electrons. The molecule has 0 spiro atoms. The highest BCUT2D eigenvalue weighted by Crippen LogP contribution is 2.23. The third kappa shape index (κ3) is 2.61. The Balaban J connectivity index is 2.70. The summed E-state index contributed by atoms with van der Waals surface area (Å²) in [6.07, 6.45) is 0. The van der Waals surface area contributed by atoms with Crippen molar-refractivity contribution in [1.82, 2.24) is 4.57 Å². The van der Waals surface area contributed by atoms with E-state index in [0.29, 0.717) is 11.3 Å². The van der Waals surface area contributed by atoms with Gasteiger partial charge in [-0.1, -0.05) is 24.3 Å². The van der Waals surface area contributed by atoms with E-state index in [4.69, 9.17) is 0 Å². The van der Waals surface area contributed by atoms with Crippen molar-refractivity contribution in [3.8, 4) is 0 Å². The second-order valence-corrected chi connectivity index (χ2v) is 5.33. The number of nitrogens with zero attached hydrogens (tertiary/aromatic N) is 1. The summed E-state index contributed by atoms with van der Waals surface area (Å²) in [6.45, 7) is 7.24. The first-order valence-corrected chi connectivity index (χ1v) is 6.86. The molecule has 2 rings (SSSR count). The molecule has 4 nitrogen and oxygen atoms in total. The summed E-state index contributed by atoms with van der Waals surface area (Å²) in [7, 11) is 0. The molecule has 0 saturated heterocycles. The fourth-order valence-corrected chi connectivity index (χ4v) is 2.90. The maximum absolute atomic E-state index is 12.3. The number of hydrogen-bond acceptors (Lipinski definition) is 2. The number of carboxylic acids is 1. The summed E-state index contributed by atoms with van der Waals surface area (Å²) >= 11 is 0. The SMILES string of the molecule is Cc1ccccc1C(C)n1c(C)c(C(=O)O)c(C)cc1=O. The lowest BCUT2D eigenvalue weighted by atomic mass is 10.0. The minimum absolute atomic E-state index is 0.175. The van der Waals surface area contributed by atoms with Crippen molar-refractivity contribution >= 4 is 5.97 Å². The lowest BCUT2D eigenvalue weighted by molar-refractivity contribution is 0.0694. The standard InChI is InChI=1S/C17H19NO3/c1-10-7-5-6-8-14(10)12(3)18-13(4)16(17(20)21)11(2)9-15(18)19/h5-9,12H,1-4H3,(H,20,21). The van der Waals surface area contributed by atoms with Crippen LogP contribution >= 0.6 is 0 Å². The topological polar surface area (TPSA) is 59.3 Å². The summed E-state index contributed by atoms with van der Waals surface area (Å²) in [5.41, 5.74) is 3.11. The molecule has 0 aliphatic heterocycles. The average molecular weight is 285 g/mol. The number of pyridine rings is 1. The first-order valence-electron chi connectivity index (χ1n) is 6.86. The number of rotatable bonds is 3. The van der Waals surface area contributed by atoms with Crippen LogP contribution in [0, 0.1) is 20.8 Å². The van der Waals surface area contributed by atoms with Gasteiger partial charge in [0.25, 0.3) is 5.56 Å². The molecule has 0 saturated carbocycles. The van der Waals surface area contributed by atoms with Crippen LogP contribution in [0.1, 0.15) is 45.7 Å². The fourth-order valence-electron chi connectivity index (χ4n) is 2.90. The van der Waals surface area contributed by atoms with Gasteiger partial charge in [-0.3, -0.25) is 4.79 Å². The van der Waals surface area contributed by atoms with Gasteiger partial charge in [-0.15, -0.1) is 0 Å². The average Bonchev–Trinajstić information content (AvgIpc) is 2.37. The van der Waals surface area contributed by atoms with Gasteiger partial charge in [-0.2, -0.15) is 0 Å². The van der Waals surface area contributed by atoms with E-state index in [1.807, 2.05) is 38.1 Å². The minimum atomic E-state index is -1.00. The van der Waals surface area contributed by atoms with E-state index < -0.39 is 5.97 Å². The summed E-state index contributed by atoms with van der Waals surface area (Å²) in [4.78, 5) is 23.7. The van der Waals surface area contributed by atoms with Crippen molar-refractivity contribution in [1.29, 1.82) is 0 Å². The van der Waals surface area contributed by atoms with Gasteiger partial charge in [0.05, 0.1) is 11.6 Å². The molecule has 1 aromatic carbocycles. The minimum Gasteiger partial charge on any atom is -0.478 e. The highest BCUT2D eigenvalue weighted by Gasteiger charge is 2.20. The molecule has 1 N–H and O–H groups in total. The van der Waals surface area contributed by atoms with Crippen molar-refractivity contribution in [3.63, 3.8) is 0 Å². The molecule has 1 atom stereocenters. The monoisotopic (exact) mass is 285 g/mol. The van der Waals surface area contributed by atoms with Crippen molar-refractivity contribution in [3.05, 3.63) is 68.6 Å². The smallest absolute Gasteiger partial charge is 0.337 e. The van der Waals surface area contributed by atoms with E-state index >= 15 is 0 Å². The van der Waals surface area contributed by atoms with Gasteiger partial charge in [0, 0.05) is 11.8 Å². The molecular weight excluding hydrogens is 266 g/mol. The van der Waals surface area contributed by atoms with Crippen LogP contribution in [0.4, 0.5) is 0 Å². The number of hydrogen-bond donors (Lipinski definition) is 1. The Hall–Kier alpha value is -2.36. The van der Waals surface area contributed by atoms with Crippen LogP contribution < -0.4 is 5.56 Å². The van der Waals surface area contributed by atoms with Crippen molar-refractivity contribution in [2.24, 2.45) is 0 Å². The molecule has 0 bridgehead atoms. The molecule has 0 fully saturated rings. The molecule has 2 aromatic rings. The van der Waals surface area contributed by atoms with E-state index in [1.54, 1.807) is 18.4 Å². The van der Waals surface area contributed by atoms with Gasteiger partial charge in [0.1, 0.15) is 0 Å². The molecule has 110 valence electrons. The largest absolute Gasteiger partial charge is 0.478 e. The highest BCUT2D eigenvalue weighted by molar-refractivity contribution is 5.90. The zero-order valence-corrected chi connectivity index (χ0v) is 12.7. The molecular formula is C17H19NO3. The van der Waals surface area contributed by atoms with Gasteiger partial charge in [-0.05, 0) is 44.4 Å². The maximum atomic E-state index is 12.3. The first kappa shape index (κ1) is 15.0. The van der Waals surface area contributed by atoms with E-state index in [-0.39, 0.29) is 17.2 Å². The Morgan fingerprint density at radius 2 is 1.76 bits per heavy atom. The maximum Gasteiger partial charge on any atom is 0.337 e. The van der Waals surface area contributed by atoms with Crippen LogP contribution in [0.5, 0.6) is 0 Å². The number of aryl methyl sites for hydroxylation is 2. The third-order valence-corrected chi connectivity index (χ3v) is 3.93. The van der Waals surface area contributed by atoms with Crippen LogP contribution in [-0.4, -0.2) is 15.6 Å². The van der Waals surface area contributed by atoms with Crippen LogP contribution in [0.2, 0.25) is 0 Å². The molecule has 1 unspecified atom stereocenters. The molecule has 4 heteroatoms. The summed E-state index contributed by atoms with van der Waals surface area (Å²) in [5, 5.41) is 9.35. The van der Waals surface area contributed by atoms with Gasteiger partial charge < -0.3 is 9.67 Å². The Morgan fingerprint density at radius 3 is 2.33 bits per heavy atom. The Labute approximate surface area is 123 Å². The number of carbonyl (C=O) groups is 1. The number of aromatic carboxylic acids is 1. The molecule has 21 heavy (non-hydrogen) atoms. The lowest BCUT2D eigenvalue weighted by Crippen LogP contribution is -2.28. The van der Waals surface area contributed by atoms with Crippen molar-refractivity contribution in [2.75, 3.05) is 0 Å². The molecule has 0 amide bonds. The lowest BCUT2D eigenvalue weighted by Gasteiger charge is -2.22. The summed E-state index contributed by atoms with van der Waals surface area (Å²) in [6, 6.07) is 9.00. The van der Waals surface area contributed by atoms with Gasteiger partial charge in [0.2, 0.25) is 0 Å². The third-order valence-electron chi connectivity index (χ3n) is 3.93. The van der Waals surface area contributed by atoms with E-state index in [0.717, 1.165) is 11.1 Å². The highest BCUT2D eigenvalue weighted by atomic mass is 16.4. The Bertz CT molecular complexity index is 759. The second kappa shape index (κ2) is 5.56. The second-order valence-electron chi connectivity index (χ2n) is 5.33. The molecule has 0 aliphatic carbocycles. The normalized spacial score (nSPS) is 12.2. The molecule has 0 aliphatic rings. The van der Waals surface area contributed by atoms with Gasteiger partial charge >= 0.3 is 5.97 Å². The zero-order valence-electron chi connectivity index (χ0n) is 12.7. The predicted molar refractivity (Wildman–Crippen MR) is 82.1 cm³/mol. The quantitative estimate of drug-likeness (QED) is 0.942.